The lowest BCUT2D eigenvalue weighted by molar-refractivity contribution is 0.797. The molecule has 1 nitrogen and oxygen atoms in total. The highest BCUT2D eigenvalue weighted by molar-refractivity contribution is 6.17. The van der Waals surface area contributed by atoms with Gasteiger partial charge in [0, 0.05) is 22.0 Å². The average molecular weight is 710 g/mol. The molecule has 0 fully saturated rings. The van der Waals surface area contributed by atoms with Crippen molar-refractivity contribution >= 4 is 55.5 Å². The van der Waals surface area contributed by atoms with E-state index in [1.54, 1.807) is 0 Å². The summed E-state index contributed by atoms with van der Waals surface area (Å²) in [4.78, 5) is 0. The normalized spacial score (nSPS) is 13.3. The predicted octanol–water partition coefficient (Wildman–Crippen LogP) is 14.4. The minimum absolute atomic E-state index is 0.463. The van der Waals surface area contributed by atoms with E-state index >= 15 is 0 Å². The zero-order valence-corrected chi connectivity index (χ0v) is 30.8. The number of para-hydroxylation sites is 1. The Morgan fingerprint density at radius 2 is 0.893 bits per heavy atom. The van der Waals surface area contributed by atoms with Crippen LogP contribution < -0.4 is 0 Å². The van der Waals surface area contributed by atoms with E-state index in [2.05, 4.69) is 194 Å². The number of rotatable bonds is 4. The van der Waals surface area contributed by atoms with Crippen molar-refractivity contribution in [3.8, 4) is 39.1 Å². The highest BCUT2D eigenvalue weighted by atomic mass is 15.0. The summed E-state index contributed by atoms with van der Waals surface area (Å²) in [5.41, 5.74) is 18.5. The van der Waals surface area contributed by atoms with Crippen LogP contribution in [0.4, 0.5) is 0 Å². The molecular formula is C55H35N. The summed E-state index contributed by atoms with van der Waals surface area (Å²) < 4.78 is 2.53. The van der Waals surface area contributed by atoms with Gasteiger partial charge >= 0.3 is 0 Å². The molecule has 0 atom stereocenters. The predicted molar refractivity (Wildman–Crippen MR) is 238 cm³/mol. The van der Waals surface area contributed by atoms with Crippen LogP contribution in [-0.4, -0.2) is 4.57 Å². The molecule has 9 aromatic carbocycles. The molecule has 0 aliphatic heterocycles. The van der Waals surface area contributed by atoms with E-state index in [4.69, 9.17) is 0 Å². The van der Waals surface area contributed by atoms with Crippen LogP contribution in [0.3, 0.4) is 0 Å². The molecule has 0 saturated carbocycles. The minimum atomic E-state index is -0.463. The number of benzene rings is 9. The molecule has 1 aromatic heterocycles. The van der Waals surface area contributed by atoms with Crippen LogP contribution in [0.25, 0.3) is 94.6 Å². The second-order valence-corrected chi connectivity index (χ2v) is 15.2. The molecule has 0 bridgehead atoms. The molecule has 0 N–H and O–H groups in total. The van der Waals surface area contributed by atoms with Crippen molar-refractivity contribution in [3.63, 3.8) is 0 Å². The number of fused-ring (bicyclic) bond motifs is 17. The summed E-state index contributed by atoms with van der Waals surface area (Å²) in [6.45, 7) is 8.38. The summed E-state index contributed by atoms with van der Waals surface area (Å²) in [5.74, 6) is 0. The Kier molecular flexibility index (Phi) is 6.34. The van der Waals surface area contributed by atoms with Gasteiger partial charge in [-0.05, 0) is 113 Å². The van der Waals surface area contributed by atoms with Gasteiger partial charge in [-0.3, -0.25) is 0 Å². The van der Waals surface area contributed by atoms with Gasteiger partial charge in [0.05, 0.1) is 16.4 Å². The van der Waals surface area contributed by atoms with Crippen molar-refractivity contribution < 1.29 is 0 Å². The summed E-state index contributed by atoms with van der Waals surface area (Å²) in [6.07, 6.45) is 3.94. The minimum Gasteiger partial charge on any atom is -0.309 e. The zero-order valence-electron chi connectivity index (χ0n) is 30.8. The van der Waals surface area contributed by atoms with Gasteiger partial charge in [-0.2, -0.15) is 0 Å². The quantitative estimate of drug-likeness (QED) is 0.160. The molecule has 56 heavy (non-hydrogen) atoms. The van der Waals surface area contributed by atoms with Gasteiger partial charge in [0.2, 0.25) is 0 Å². The van der Waals surface area contributed by atoms with Crippen LogP contribution in [0, 0.1) is 0 Å². The third kappa shape index (κ3) is 3.84. The third-order valence-corrected chi connectivity index (χ3v) is 12.7. The van der Waals surface area contributed by atoms with Crippen molar-refractivity contribution in [2.45, 2.75) is 5.41 Å². The Balaban J connectivity index is 1.20. The zero-order chi connectivity index (χ0) is 37.1. The molecule has 1 spiro atoms. The van der Waals surface area contributed by atoms with Crippen LogP contribution in [0.5, 0.6) is 0 Å². The smallest absolute Gasteiger partial charge is 0.0746 e. The summed E-state index contributed by atoms with van der Waals surface area (Å²) in [6, 6.07) is 65.6. The first-order valence-corrected chi connectivity index (χ1v) is 19.4. The van der Waals surface area contributed by atoms with Gasteiger partial charge in [-0.25, -0.2) is 0 Å². The van der Waals surface area contributed by atoms with Crippen molar-refractivity contribution in [3.05, 3.63) is 222 Å². The standard InChI is InChI=1S/C55H35N/c1-3-37-38(4-2)41-28-26-34(32-47(41)40-19-9-8-18-39(37)40)35-27-31-52-48(33-35)46-30-29-45-44-22-12-15-25-51(44)55(53(45)54(46)56(52)36-16-6-5-7-17-36)49-23-13-10-20-42(49)43-21-11-14-24-50(43)55/h3-33H,1-2H2. The summed E-state index contributed by atoms with van der Waals surface area (Å²) in [5, 5.41) is 7.34. The molecule has 260 valence electrons. The Morgan fingerprint density at radius 1 is 0.393 bits per heavy atom. The molecular weight excluding hydrogens is 675 g/mol. The molecule has 0 radical (unpaired) electrons. The van der Waals surface area contributed by atoms with Crippen molar-refractivity contribution in [1.82, 2.24) is 4.57 Å². The number of hydrogen-bond donors (Lipinski definition) is 0. The third-order valence-electron chi connectivity index (χ3n) is 12.7. The molecule has 0 unspecified atom stereocenters. The fraction of sp³-hybridized carbons (Fsp3) is 0.0182. The van der Waals surface area contributed by atoms with Crippen molar-refractivity contribution in [2.75, 3.05) is 0 Å². The van der Waals surface area contributed by atoms with E-state index in [9.17, 15) is 0 Å². The van der Waals surface area contributed by atoms with Gasteiger partial charge in [0.25, 0.3) is 0 Å². The van der Waals surface area contributed by atoms with E-state index in [1.807, 2.05) is 12.2 Å². The first kappa shape index (κ1) is 31.2. The largest absolute Gasteiger partial charge is 0.309 e. The van der Waals surface area contributed by atoms with Crippen LogP contribution in [0.2, 0.25) is 0 Å². The van der Waals surface area contributed by atoms with Gasteiger partial charge < -0.3 is 4.57 Å². The van der Waals surface area contributed by atoms with Gasteiger partial charge in [-0.1, -0.05) is 171 Å². The maximum absolute atomic E-state index is 4.21. The summed E-state index contributed by atoms with van der Waals surface area (Å²) >= 11 is 0. The van der Waals surface area contributed by atoms with E-state index in [0.717, 1.165) is 16.8 Å². The Labute approximate surface area is 325 Å². The van der Waals surface area contributed by atoms with Gasteiger partial charge in [0.15, 0.2) is 0 Å². The molecule has 1 heterocycles. The Hall–Kier alpha value is -7.22. The first-order valence-electron chi connectivity index (χ1n) is 19.4. The maximum Gasteiger partial charge on any atom is 0.0746 e. The van der Waals surface area contributed by atoms with Crippen molar-refractivity contribution in [1.29, 1.82) is 0 Å². The van der Waals surface area contributed by atoms with Crippen LogP contribution >= 0.6 is 0 Å². The number of aromatic nitrogens is 1. The molecule has 2 aliphatic rings. The lowest BCUT2D eigenvalue weighted by Gasteiger charge is -2.31. The lowest BCUT2D eigenvalue weighted by Crippen LogP contribution is -2.26. The molecule has 2 aliphatic carbocycles. The molecule has 12 rings (SSSR count). The lowest BCUT2D eigenvalue weighted by atomic mass is 9.70. The number of hydrogen-bond acceptors (Lipinski definition) is 0. The molecule has 0 saturated heterocycles. The second-order valence-electron chi connectivity index (χ2n) is 15.2. The molecule has 0 amide bonds. The Morgan fingerprint density at radius 3 is 1.54 bits per heavy atom. The molecule has 1 heteroatoms. The average Bonchev–Trinajstić information content (AvgIpc) is 3.87. The van der Waals surface area contributed by atoms with E-state index in [1.165, 1.54) is 99.0 Å². The SMILES string of the molecule is C=Cc1c(C=C)c2ccc(-c3ccc4c(c3)c3ccc5c(c3n4-c3ccccc3)C3(c4ccccc4-c4ccccc43)c3ccccc3-5)cc2c2ccccc12. The van der Waals surface area contributed by atoms with E-state index < -0.39 is 5.41 Å². The topological polar surface area (TPSA) is 4.93 Å². The van der Waals surface area contributed by atoms with Gasteiger partial charge in [0.1, 0.15) is 0 Å². The van der Waals surface area contributed by atoms with Crippen LogP contribution in [0.1, 0.15) is 33.4 Å². The second kappa shape index (κ2) is 11.4. The fourth-order valence-corrected chi connectivity index (χ4v) is 10.6. The van der Waals surface area contributed by atoms with Crippen molar-refractivity contribution in [2.24, 2.45) is 0 Å². The van der Waals surface area contributed by atoms with E-state index in [-0.39, 0.29) is 0 Å². The highest BCUT2D eigenvalue weighted by Crippen LogP contribution is 2.64. The number of nitrogens with zero attached hydrogens (tertiary/aromatic N) is 1. The van der Waals surface area contributed by atoms with E-state index in [0.29, 0.717) is 0 Å². The fourth-order valence-electron chi connectivity index (χ4n) is 10.6. The molecule has 10 aromatic rings. The van der Waals surface area contributed by atoms with Crippen LogP contribution in [0.15, 0.2) is 189 Å². The Bertz CT molecular complexity index is 3270. The summed E-state index contributed by atoms with van der Waals surface area (Å²) in [7, 11) is 0. The highest BCUT2D eigenvalue weighted by Gasteiger charge is 2.53. The first-order chi connectivity index (χ1) is 27.7. The van der Waals surface area contributed by atoms with Crippen LogP contribution in [-0.2, 0) is 5.41 Å². The van der Waals surface area contributed by atoms with Gasteiger partial charge in [-0.15, -0.1) is 0 Å². The maximum atomic E-state index is 4.21. The monoisotopic (exact) mass is 709 g/mol.